The summed E-state index contributed by atoms with van der Waals surface area (Å²) in [6.07, 6.45) is 0. The van der Waals surface area contributed by atoms with Gasteiger partial charge >= 0.3 is 5.69 Å². The van der Waals surface area contributed by atoms with Gasteiger partial charge < -0.3 is 0 Å². The highest BCUT2D eigenvalue weighted by molar-refractivity contribution is 6.31. The number of nitrogens with zero attached hydrogens (tertiary/aromatic N) is 2. The molecule has 2 aromatic carbocycles. The van der Waals surface area contributed by atoms with Crippen LogP contribution in [0.5, 0.6) is 0 Å². The molecule has 0 spiro atoms. The fourth-order valence-corrected chi connectivity index (χ4v) is 1.58. The van der Waals surface area contributed by atoms with Crippen molar-refractivity contribution in [2.24, 2.45) is 0 Å². The highest BCUT2D eigenvalue weighted by Gasteiger charge is 2.15. The van der Waals surface area contributed by atoms with Crippen LogP contribution in [0.3, 0.4) is 0 Å². The van der Waals surface area contributed by atoms with E-state index in [0.717, 1.165) is 24.3 Å². The summed E-state index contributed by atoms with van der Waals surface area (Å²) in [5, 5.41) is 19.7. The number of halogens is 4. The number of non-ortho nitro benzene ring substituents is 1. The maximum absolute atomic E-state index is 12.7. The molecule has 0 aliphatic rings. The Balaban J connectivity index is 0.000000220. The number of nitro groups is 2. The summed E-state index contributed by atoms with van der Waals surface area (Å²) in [7, 11) is 0. The van der Waals surface area contributed by atoms with Gasteiger partial charge in [0.2, 0.25) is 5.82 Å². The molecule has 22 heavy (non-hydrogen) atoms. The van der Waals surface area contributed by atoms with Crippen molar-refractivity contribution < 1.29 is 18.6 Å². The minimum Gasteiger partial charge on any atom is -0.258 e. The second kappa shape index (κ2) is 7.62. The van der Waals surface area contributed by atoms with Crippen molar-refractivity contribution >= 4 is 34.6 Å². The molecule has 2 rings (SSSR count). The smallest absolute Gasteiger partial charge is 0.258 e. The highest BCUT2D eigenvalue weighted by Crippen LogP contribution is 2.23. The van der Waals surface area contributed by atoms with E-state index in [9.17, 15) is 29.0 Å². The fourth-order valence-electron chi connectivity index (χ4n) is 1.23. The van der Waals surface area contributed by atoms with Crippen molar-refractivity contribution in [1.82, 2.24) is 0 Å². The molecule has 0 unspecified atom stereocenters. The van der Waals surface area contributed by atoms with Crippen LogP contribution in [0.25, 0.3) is 0 Å². The van der Waals surface area contributed by atoms with Gasteiger partial charge in [-0.25, -0.2) is 4.39 Å². The molecular formula is C12H6Cl2F2N2O4. The van der Waals surface area contributed by atoms with Crippen molar-refractivity contribution in [3.05, 3.63) is 78.3 Å². The van der Waals surface area contributed by atoms with Crippen molar-refractivity contribution in [1.29, 1.82) is 0 Å². The molecule has 2 aromatic rings. The van der Waals surface area contributed by atoms with Gasteiger partial charge in [-0.05, 0) is 12.1 Å². The SMILES string of the molecule is O=[N+]([O-])c1ccc(F)c(Cl)c1.O=[N+]([O-])c1cccc(Cl)c1F. The van der Waals surface area contributed by atoms with Gasteiger partial charge in [0, 0.05) is 18.2 Å². The van der Waals surface area contributed by atoms with Gasteiger partial charge in [-0.1, -0.05) is 29.3 Å². The number of hydrogen-bond donors (Lipinski definition) is 0. The highest BCUT2D eigenvalue weighted by atomic mass is 35.5. The Bertz CT molecular complexity index is 728. The Labute approximate surface area is 132 Å². The lowest BCUT2D eigenvalue weighted by Gasteiger charge is -1.93. The van der Waals surface area contributed by atoms with Crippen molar-refractivity contribution in [3.63, 3.8) is 0 Å². The standard InChI is InChI=1S/2C6H3ClFNO2/c7-5-3-4(9(10)11)1-2-6(5)8;7-4-2-1-3-5(6(4)8)9(10)11/h2*1-3H. The first-order valence-corrected chi connectivity index (χ1v) is 6.17. The fraction of sp³-hybridized carbons (Fsp3) is 0. The predicted molar refractivity (Wildman–Crippen MR) is 76.1 cm³/mol. The average Bonchev–Trinajstić information content (AvgIpc) is 2.45. The lowest BCUT2D eigenvalue weighted by molar-refractivity contribution is -0.387. The molecule has 0 saturated carbocycles. The van der Waals surface area contributed by atoms with Gasteiger partial charge in [-0.3, -0.25) is 20.2 Å². The van der Waals surface area contributed by atoms with E-state index in [4.69, 9.17) is 23.2 Å². The maximum atomic E-state index is 12.7. The van der Waals surface area contributed by atoms with Crippen LogP contribution in [0, 0.1) is 31.9 Å². The zero-order chi connectivity index (χ0) is 16.9. The molecule has 0 aliphatic heterocycles. The van der Waals surface area contributed by atoms with E-state index in [1.165, 1.54) is 12.1 Å². The first kappa shape index (κ1) is 17.7. The molecule has 0 bridgehead atoms. The van der Waals surface area contributed by atoms with E-state index in [-0.39, 0.29) is 15.7 Å². The summed E-state index contributed by atoms with van der Waals surface area (Å²) in [4.78, 5) is 18.7. The summed E-state index contributed by atoms with van der Waals surface area (Å²) in [6, 6.07) is 6.62. The third-order valence-corrected chi connectivity index (χ3v) is 2.82. The van der Waals surface area contributed by atoms with Crippen LogP contribution in [0.2, 0.25) is 10.0 Å². The Morgan fingerprint density at radius 1 is 0.909 bits per heavy atom. The number of rotatable bonds is 2. The van der Waals surface area contributed by atoms with Crippen molar-refractivity contribution in [3.8, 4) is 0 Å². The molecule has 10 heteroatoms. The number of benzene rings is 2. The monoisotopic (exact) mass is 350 g/mol. The van der Waals surface area contributed by atoms with Crippen LogP contribution in [-0.2, 0) is 0 Å². The molecule has 0 fully saturated rings. The van der Waals surface area contributed by atoms with E-state index >= 15 is 0 Å². The summed E-state index contributed by atoms with van der Waals surface area (Å²) < 4.78 is 25.1. The molecule has 0 N–H and O–H groups in total. The molecular weight excluding hydrogens is 345 g/mol. The van der Waals surface area contributed by atoms with Gasteiger partial charge in [0.25, 0.3) is 5.69 Å². The van der Waals surface area contributed by atoms with E-state index in [1.807, 2.05) is 0 Å². The molecule has 0 heterocycles. The lowest BCUT2D eigenvalue weighted by atomic mass is 10.3. The van der Waals surface area contributed by atoms with E-state index in [2.05, 4.69) is 0 Å². The molecule has 0 atom stereocenters. The summed E-state index contributed by atoms with van der Waals surface area (Å²) >= 11 is 10.6. The minimum absolute atomic E-state index is 0.212. The second-order valence-electron chi connectivity index (χ2n) is 3.69. The third-order valence-electron chi connectivity index (χ3n) is 2.24. The van der Waals surface area contributed by atoms with Crippen molar-refractivity contribution in [2.75, 3.05) is 0 Å². The molecule has 0 aliphatic carbocycles. The van der Waals surface area contributed by atoms with Gasteiger partial charge in [0.1, 0.15) is 5.82 Å². The van der Waals surface area contributed by atoms with Crippen LogP contribution in [0.15, 0.2) is 36.4 Å². The first-order valence-electron chi connectivity index (χ1n) is 5.42. The number of hydrogen-bond acceptors (Lipinski definition) is 4. The average molecular weight is 351 g/mol. The van der Waals surface area contributed by atoms with E-state index in [1.54, 1.807) is 0 Å². The van der Waals surface area contributed by atoms with Gasteiger partial charge in [-0.2, -0.15) is 4.39 Å². The Morgan fingerprint density at radius 3 is 2.00 bits per heavy atom. The Hall–Kier alpha value is -2.32. The normalized spacial score (nSPS) is 9.64. The summed E-state index contributed by atoms with van der Waals surface area (Å²) in [5.74, 6) is -1.64. The lowest BCUT2D eigenvalue weighted by Crippen LogP contribution is -1.91. The predicted octanol–water partition coefficient (Wildman–Crippen LogP) is 4.77. The van der Waals surface area contributed by atoms with Gasteiger partial charge in [0.15, 0.2) is 0 Å². The zero-order valence-corrected chi connectivity index (χ0v) is 12.0. The molecule has 0 saturated heterocycles. The molecule has 0 amide bonds. The molecule has 6 nitrogen and oxygen atoms in total. The molecule has 0 radical (unpaired) electrons. The van der Waals surface area contributed by atoms with Crippen molar-refractivity contribution in [2.45, 2.75) is 0 Å². The molecule has 116 valence electrons. The third kappa shape index (κ3) is 4.61. The van der Waals surface area contributed by atoms with Crippen LogP contribution in [-0.4, -0.2) is 9.85 Å². The van der Waals surface area contributed by atoms with Gasteiger partial charge in [0.05, 0.1) is 19.9 Å². The molecule has 0 aromatic heterocycles. The Morgan fingerprint density at radius 2 is 1.55 bits per heavy atom. The van der Waals surface area contributed by atoms with Crippen LogP contribution in [0.4, 0.5) is 20.2 Å². The topological polar surface area (TPSA) is 86.3 Å². The largest absolute Gasteiger partial charge is 0.306 e. The summed E-state index contributed by atoms with van der Waals surface area (Å²) in [5.41, 5.74) is -0.811. The second-order valence-corrected chi connectivity index (χ2v) is 4.50. The van der Waals surface area contributed by atoms with Crippen LogP contribution in [0.1, 0.15) is 0 Å². The van der Waals surface area contributed by atoms with Crippen LogP contribution >= 0.6 is 23.2 Å². The van der Waals surface area contributed by atoms with E-state index < -0.39 is 27.2 Å². The quantitative estimate of drug-likeness (QED) is 0.576. The van der Waals surface area contributed by atoms with Gasteiger partial charge in [-0.15, -0.1) is 0 Å². The van der Waals surface area contributed by atoms with Crippen LogP contribution < -0.4 is 0 Å². The summed E-state index contributed by atoms with van der Waals surface area (Å²) in [6.45, 7) is 0. The maximum Gasteiger partial charge on any atom is 0.306 e. The zero-order valence-electron chi connectivity index (χ0n) is 10.5. The van der Waals surface area contributed by atoms with E-state index in [0.29, 0.717) is 0 Å². The Kier molecular flexibility index (Phi) is 6.14. The number of nitro benzene ring substituents is 2. The first-order chi connectivity index (χ1) is 10.2. The minimum atomic E-state index is -0.987.